The number of hydrogen-bond donors (Lipinski definition) is 3. The minimum Gasteiger partial charge on any atom is -0.392 e. The third-order valence-corrected chi connectivity index (χ3v) is 5.53. The standard InChI is InChI=1S/C22H25N5O2/c23-18-12-17(10-11-19(18)28)22-25-21(16-8-6-15(7-9-16)20(24)29)26-27(22)13-14-4-2-1-3-5-14/h1-9,17-19,28H,10-13,23H2,(H2,24,29)/t17-,18+,19+/m0/s1. The molecule has 0 spiro atoms. The zero-order valence-electron chi connectivity index (χ0n) is 16.1. The number of rotatable bonds is 5. The van der Waals surface area contributed by atoms with Crippen LogP contribution in [0.5, 0.6) is 0 Å². The van der Waals surface area contributed by atoms with Crippen LogP contribution in [0.3, 0.4) is 0 Å². The Morgan fingerprint density at radius 1 is 1.10 bits per heavy atom. The fourth-order valence-corrected chi connectivity index (χ4v) is 3.86. The maximum Gasteiger partial charge on any atom is 0.248 e. The number of benzene rings is 2. The lowest BCUT2D eigenvalue weighted by Crippen LogP contribution is -2.40. The van der Waals surface area contributed by atoms with Gasteiger partial charge in [-0.25, -0.2) is 9.67 Å². The first-order chi connectivity index (χ1) is 14.0. The number of nitrogens with two attached hydrogens (primary N) is 2. The summed E-state index contributed by atoms with van der Waals surface area (Å²) >= 11 is 0. The van der Waals surface area contributed by atoms with Gasteiger partial charge in [-0.15, -0.1) is 0 Å². The highest BCUT2D eigenvalue weighted by atomic mass is 16.3. The third kappa shape index (κ3) is 4.21. The number of primary amides is 1. The van der Waals surface area contributed by atoms with Crippen LogP contribution in [0, 0.1) is 0 Å². The molecule has 1 saturated carbocycles. The Morgan fingerprint density at radius 2 is 1.83 bits per heavy atom. The van der Waals surface area contributed by atoms with Gasteiger partial charge in [0.2, 0.25) is 5.91 Å². The molecule has 1 fully saturated rings. The van der Waals surface area contributed by atoms with Gasteiger partial charge < -0.3 is 16.6 Å². The Bertz CT molecular complexity index is 984. The molecule has 5 N–H and O–H groups in total. The first-order valence-electron chi connectivity index (χ1n) is 9.84. The molecule has 0 radical (unpaired) electrons. The number of nitrogens with zero attached hydrogens (tertiary/aromatic N) is 3. The van der Waals surface area contributed by atoms with Crippen molar-refractivity contribution in [2.45, 2.75) is 43.9 Å². The molecule has 1 amide bonds. The number of hydrogen-bond acceptors (Lipinski definition) is 5. The fraction of sp³-hybridized carbons (Fsp3) is 0.318. The molecule has 4 rings (SSSR count). The number of aromatic nitrogens is 3. The third-order valence-electron chi connectivity index (χ3n) is 5.53. The van der Waals surface area contributed by atoms with Gasteiger partial charge in [0.1, 0.15) is 5.82 Å². The van der Waals surface area contributed by atoms with Gasteiger partial charge in [-0.05, 0) is 37.0 Å². The molecule has 1 heterocycles. The Morgan fingerprint density at radius 3 is 2.48 bits per heavy atom. The second kappa shape index (κ2) is 8.14. The summed E-state index contributed by atoms with van der Waals surface area (Å²) in [4.78, 5) is 16.2. The minimum atomic E-state index is -0.463. The number of aliphatic hydroxyl groups is 1. The van der Waals surface area contributed by atoms with E-state index in [0.29, 0.717) is 30.8 Å². The van der Waals surface area contributed by atoms with Crippen molar-refractivity contribution in [3.8, 4) is 11.4 Å². The Balaban J connectivity index is 1.69. The second-order valence-corrected chi connectivity index (χ2v) is 7.62. The van der Waals surface area contributed by atoms with E-state index in [1.807, 2.05) is 35.0 Å². The normalized spacial score (nSPS) is 21.8. The van der Waals surface area contributed by atoms with Crippen molar-refractivity contribution >= 4 is 5.91 Å². The molecule has 1 aromatic heterocycles. The first kappa shape index (κ1) is 19.3. The highest BCUT2D eigenvalue weighted by molar-refractivity contribution is 5.93. The van der Waals surface area contributed by atoms with Gasteiger partial charge >= 0.3 is 0 Å². The van der Waals surface area contributed by atoms with Gasteiger partial charge in [0.15, 0.2) is 5.82 Å². The van der Waals surface area contributed by atoms with E-state index in [-0.39, 0.29) is 12.0 Å². The van der Waals surface area contributed by atoms with Crippen LogP contribution in [-0.4, -0.2) is 37.9 Å². The van der Waals surface area contributed by atoms with Gasteiger partial charge in [0.05, 0.1) is 12.6 Å². The zero-order valence-corrected chi connectivity index (χ0v) is 16.1. The maximum atomic E-state index is 11.3. The lowest BCUT2D eigenvalue weighted by Gasteiger charge is -2.30. The van der Waals surface area contributed by atoms with Gasteiger partial charge in [-0.3, -0.25) is 4.79 Å². The molecule has 0 bridgehead atoms. The largest absolute Gasteiger partial charge is 0.392 e. The Hall–Kier alpha value is -3.03. The number of amides is 1. The molecule has 3 aromatic rings. The molecule has 29 heavy (non-hydrogen) atoms. The summed E-state index contributed by atoms with van der Waals surface area (Å²) in [6.45, 7) is 0.608. The van der Waals surface area contributed by atoms with Crippen LogP contribution in [0.4, 0.5) is 0 Å². The summed E-state index contributed by atoms with van der Waals surface area (Å²) in [7, 11) is 0. The maximum absolute atomic E-state index is 11.3. The topological polar surface area (TPSA) is 120 Å². The molecule has 1 aliphatic rings. The smallest absolute Gasteiger partial charge is 0.248 e. The van der Waals surface area contributed by atoms with E-state index < -0.39 is 12.0 Å². The predicted molar refractivity (Wildman–Crippen MR) is 110 cm³/mol. The van der Waals surface area contributed by atoms with E-state index in [2.05, 4.69) is 12.1 Å². The van der Waals surface area contributed by atoms with E-state index in [0.717, 1.165) is 23.4 Å². The molecule has 3 atom stereocenters. The van der Waals surface area contributed by atoms with E-state index in [9.17, 15) is 9.90 Å². The minimum absolute atomic E-state index is 0.142. The number of carbonyl (C=O) groups excluding carboxylic acids is 1. The summed E-state index contributed by atoms with van der Waals surface area (Å²) < 4.78 is 1.93. The lowest BCUT2D eigenvalue weighted by molar-refractivity contribution is 0.0985. The van der Waals surface area contributed by atoms with Crippen LogP contribution in [0.2, 0.25) is 0 Å². The first-order valence-corrected chi connectivity index (χ1v) is 9.84. The molecule has 1 aliphatic carbocycles. The summed E-state index contributed by atoms with van der Waals surface area (Å²) in [5, 5.41) is 14.8. The van der Waals surface area contributed by atoms with Gasteiger partial charge in [-0.2, -0.15) is 5.10 Å². The van der Waals surface area contributed by atoms with Crippen LogP contribution < -0.4 is 11.5 Å². The van der Waals surface area contributed by atoms with Crippen molar-refractivity contribution < 1.29 is 9.90 Å². The van der Waals surface area contributed by atoms with Crippen LogP contribution in [-0.2, 0) is 6.54 Å². The second-order valence-electron chi connectivity index (χ2n) is 7.62. The average molecular weight is 391 g/mol. The SMILES string of the molecule is NC(=O)c1ccc(-c2nc([C@H]3CC[C@@H](O)[C@H](N)C3)n(Cc3ccccc3)n2)cc1. The highest BCUT2D eigenvalue weighted by Crippen LogP contribution is 2.33. The summed E-state index contributed by atoms with van der Waals surface area (Å²) in [5.41, 5.74) is 13.9. The zero-order chi connectivity index (χ0) is 20.4. The lowest BCUT2D eigenvalue weighted by atomic mass is 9.83. The van der Waals surface area contributed by atoms with E-state index in [1.54, 1.807) is 12.1 Å². The fourth-order valence-electron chi connectivity index (χ4n) is 3.86. The molecule has 2 aromatic carbocycles. The predicted octanol–water partition coefficient (Wildman–Crippen LogP) is 2.05. The van der Waals surface area contributed by atoms with Crippen molar-refractivity contribution in [1.29, 1.82) is 0 Å². The van der Waals surface area contributed by atoms with Gasteiger partial charge in [-0.1, -0.05) is 42.5 Å². The molecular weight excluding hydrogens is 366 g/mol. The quantitative estimate of drug-likeness (QED) is 0.615. The molecule has 0 saturated heterocycles. The monoisotopic (exact) mass is 391 g/mol. The van der Waals surface area contributed by atoms with Crippen molar-refractivity contribution in [3.63, 3.8) is 0 Å². The van der Waals surface area contributed by atoms with Crippen LogP contribution in [0.1, 0.15) is 46.9 Å². The molecule has 0 unspecified atom stereocenters. The number of aliphatic hydroxyl groups excluding tert-OH is 1. The number of carbonyl (C=O) groups is 1. The molecule has 150 valence electrons. The van der Waals surface area contributed by atoms with E-state index in [1.165, 1.54) is 0 Å². The van der Waals surface area contributed by atoms with Crippen LogP contribution in [0.15, 0.2) is 54.6 Å². The summed E-state index contributed by atoms with van der Waals surface area (Å²) in [5.74, 6) is 1.16. The van der Waals surface area contributed by atoms with Gasteiger partial charge in [0, 0.05) is 23.1 Å². The van der Waals surface area contributed by atoms with E-state index >= 15 is 0 Å². The molecule has 7 heteroatoms. The molecule has 0 aliphatic heterocycles. The van der Waals surface area contributed by atoms with Crippen molar-refractivity contribution in [3.05, 3.63) is 71.5 Å². The van der Waals surface area contributed by atoms with Crippen molar-refractivity contribution in [2.24, 2.45) is 11.5 Å². The van der Waals surface area contributed by atoms with Crippen molar-refractivity contribution in [2.75, 3.05) is 0 Å². The van der Waals surface area contributed by atoms with Crippen molar-refractivity contribution in [1.82, 2.24) is 14.8 Å². The Labute approximate surface area is 169 Å². The molecule has 7 nitrogen and oxygen atoms in total. The summed E-state index contributed by atoms with van der Waals surface area (Å²) in [6, 6.07) is 16.8. The van der Waals surface area contributed by atoms with Gasteiger partial charge in [0.25, 0.3) is 0 Å². The summed E-state index contributed by atoms with van der Waals surface area (Å²) in [6.07, 6.45) is 1.70. The van der Waals surface area contributed by atoms with Crippen LogP contribution in [0.25, 0.3) is 11.4 Å². The Kier molecular flexibility index (Phi) is 5.42. The average Bonchev–Trinajstić information content (AvgIpc) is 3.14. The highest BCUT2D eigenvalue weighted by Gasteiger charge is 2.31. The van der Waals surface area contributed by atoms with Crippen LogP contribution >= 0.6 is 0 Å². The molecular formula is C22H25N5O2. The van der Waals surface area contributed by atoms with E-state index in [4.69, 9.17) is 21.5 Å².